The Labute approximate surface area is 708 Å². The normalized spacial score (nSPS) is 22.7. The Bertz CT molecular complexity index is 3550. The van der Waals surface area contributed by atoms with E-state index in [1.165, 1.54) is 27.7 Å². The summed E-state index contributed by atoms with van der Waals surface area (Å²) < 4.78 is 94.6. The first-order valence-electron chi connectivity index (χ1n) is 41.2. The third-order valence-corrected chi connectivity index (χ3v) is 19.2. The lowest BCUT2D eigenvalue weighted by Gasteiger charge is -2.45. The Morgan fingerprint density at radius 3 is 1.25 bits per heavy atom. The van der Waals surface area contributed by atoms with Crippen molar-refractivity contribution in [1.29, 1.82) is 0 Å². The monoisotopic (exact) mass is 1740 g/mol. The first-order chi connectivity index (χ1) is 58.0. The molecule has 40 heteroatoms. The van der Waals surface area contributed by atoms with E-state index in [1.807, 2.05) is 6.07 Å². The van der Waals surface area contributed by atoms with E-state index in [0.717, 1.165) is 54.0 Å². The molecule has 3 aliphatic rings. The van der Waals surface area contributed by atoms with Crippen molar-refractivity contribution in [3.63, 3.8) is 0 Å². The number of aliphatic hydroxyl groups excluding tert-OH is 1. The third kappa shape index (κ3) is 42.2. The van der Waals surface area contributed by atoms with Crippen molar-refractivity contribution in [3.8, 4) is 0 Å². The molecule has 0 aromatic heterocycles. The quantitative estimate of drug-likeness (QED) is 0.0310. The van der Waals surface area contributed by atoms with Crippen LogP contribution in [0.2, 0.25) is 0 Å². The molecule has 40 nitrogen and oxygen atoms in total. The number of benzene rings is 1. The molecule has 686 valence electrons. The maximum atomic E-state index is 14.1. The van der Waals surface area contributed by atoms with Gasteiger partial charge in [-0.25, -0.2) is 0 Å². The molecular formula is C82H123N5O35. The lowest BCUT2D eigenvalue weighted by Crippen LogP contribution is -2.63. The number of unbranched alkanes of at least 4 members (excludes halogenated alkanes) is 9. The zero-order valence-corrected chi connectivity index (χ0v) is 71.4. The summed E-state index contributed by atoms with van der Waals surface area (Å²) in [5.74, 6) is -13.1. The molecule has 122 heavy (non-hydrogen) atoms. The van der Waals surface area contributed by atoms with Gasteiger partial charge in [-0.2, -0.15) is 0 Å². The lowest BCUT2D eigenvalue weighted by molar-refractivity contribution is -0.308. The number of nitrogens with one attached hydrogen (secondary N) is 5. The molecule has 0 radical (unpaired) electrons. The van der Waals surface area contributed by atoms with Crippen molar-refractivity contribution < 1.29 is 167 Å². The van der Waals surface area contributed by atoms with E-state index in [9.17, 15) is 86.6 Å². The summed E-state index contributed by atoms with van der Waals surface area (Å²) in [7, 11) is 0. The van der Waals surface area contributed by atoms with Gasteiger partial charge in [0, 0.05) is 160 Å². The highest BCUT2D eigenvalue weighted by molar-refractivity contribution is 5.90. The molecule has 2 aliphatic heterocycles. The van der Waals surface area contributed by atoms with Gasteiger partial charge in [0.05, 0.1) is 19.3 Å². The second-order valence-electron chi connectivity index (χ2n) is 29.6. The number of esters is 12. The molecule has 3 unspecified atom stereocenters. The van der Waals surface area contributed by atoms with Crippen molar-refractivity contribution in [2.45, 2.75) is 303 Å². The molecule has 3 fully saturated rings. The topological polar surface area (TPSA) is 527 Å². The molecule has 2 saturated heterocycles. The summed E-state index contributed by atoms with van der Waals surface area (Å²) >= 11 is 0. The Hall–Kier alpha value is -10.0. The summed E-state index contributed by atoms with van der Waals surface area (Å²) in [4.78, 5) is 215. The summed E-state index contributed by atoms with van der Waals surface area (Å²) in [5.41, 5.74) is 0.756. The van der Waals surface area contributed by atoms with Gasteiger partial charge in [0.1, 0.15) is 62.4 Å². The van der Waals surface area contributed by atoms with E-state index < -0.39 is 224 Å². The average molecular weight is 1740 g/mol. The molecule has 17 atom stereocenters. The van der Waals surface area contributed by atoms with E-state index >= 15 is 0 Å². The van der Waals surface area contributed by atoms with Crippen LogP contribution in [0.3, 0.4) is 0 Å². The average Bonchev–Trinajstić information content (AvgIpc) is 0.791. The van der Waals surface area contributed by atoms with Crippen LogP contribution in [0.15, 0.2) is 30.3 Å². The fourth-order valence-electron chi connectivity index (χ4n) is 13.6. The van der Waals surface area contributed by atoms with E-state index in [2.05, 4.69) is 26.6 Å². The predicted molar refractivity (Wildman–Crippen MR) is 419 cm³/mol. The highest BCUT2D eigenvalue weighted by Gasteiger charge is 2.54. The highest BCUT2D eigenvalue weighted by Crippen LogP contribution is 2.38. The van der Waals surface area contributed by atoms with Gasteiger partial charge in [0.2, 0.25) is 29.5 Å². The SMILES string of the molecule is CC(=O)OC[C@@H]1[C@H](COC(C)=O)[C@H](OC(C)=O)[C@@H](OC(C)=O)C[C@H]1OCCCCCCNC(=O)C(CCC(=O)NCCCCCCOC1O[C@H](COC(C)=O)[C@@H](OC(C)=O)[C@H](OC(C)=O)[C@@H]1OC(C)=O)NC(=O)CCC(NC(=O)CCCC(=O)OCc1ccccc1)C(=O)NCCCCCCO[C@H]1O[C@H](COC(C)=O)[C@@H](O)[C@H](OC(C)=O)[C@@H]1OC(C)=O. The molecule has 6 N–H and O–H groups in total. The van der Waals surface area contributed by atoms with Crippen LogP contribution >= 0.6 is 0 Å². The Balaban J connectivity index is 1.44. The summed E-state index contributed by atoms with van der Waals surface area (Å²) in [6.45, 7) is 11.8. The second-order valence-corrected chi connectivity index (χ2v) is 29.6. The van der Waals surface area contributed by atoms with Crippen molar-refractivity contribution in [3.05, 3.63) is 35.9 Å². The fraction of sp³-hybridized carbons (Fsp3) is 0.720. The maximum absolute atomic E-state index is 14.1. The second kappa shape index (κ2) is 57.4. The Kier molecular flexibility index (Phi) is 49.0. The number of aliphatic hydroxyl groups is 1. The van der Waals surface area contributed by atoms with Gasteiger partial charge in [-0.3, -0.25) is 81.5 Å². The van der Waals surface area contributed by atoms with Crippen LogP contribution in [0.25, 0.3) is 0 Å². The van der Waals surface area contributed by atoms with E-state index in [4.69, 9.17) is 80.5 Å². The van der Waals surface area contributed by atoms with Crippen LogP contribution in [0.4, 0.5) is 0 Å². The van der Waals surface area contributed by atoms with Crippen molar-refractivity contribution in [1.82, 2.24) is 26.6 Å². The van der Waals surface area contributed by atoms with Gasteiger partial charge in [0.15, 0.2) is 43.1 Å². The largest absolute Gasteiger partial charge is 0.465 e. The molecule has 0 spiro atoms. The Morgan fingerprint density at radius 1 is 0.361 bits per heavy atom. The van der Waals surface area contributed by atoms with Gasteiger partial charge in [-0.1, -0.05) is 68.9 Å². The first kappa shape index (κ1) is 104. The lowest BCUT2D eigenvalue weighted by atomic mass is 9.74. The highest BCUT2D eigenvalue weighted by atomic mass is 16.7. The van der Waals surface area contributed by atoms with Crippen LogP contribution < -0.4 is 26.6 Å². The van der Waals surface area contributed by atoms with Gasteiger partial charge in [0.25, 0.3) is 0 Å². The number of amides is 5. The van der Waals surface area contributed by atoms with Crippen LogP contribution in [-0.2, 0) is 169 Å². The fourth-order valence-corrected chi connectivity index (χ4v) is 13.6. The van der Waals surface area contributed by atoms with Crippen LogP contribution in [0, 0.1) is 11.8 Å². The molecule has 1 aromatic rings. The Morgan fingerprint density at radius 2 is 0.754 bits per heavy atom. The van der Waals surface area contributed by atoms with Gasteiger partial charge in [-0.05, 0) is 63.4 Å². The molecule has 5 amide bonds. The minimum Gasteiger partial charge on any atom is -0.465 e. The first-order valence-corrected chi connectivity index (χ1v) is 41.2. The van der Waals surface area contributed by atoms with Gasteiger partial charge in [-0.15, -0.1) is 0 Å². The van der Waals surface area contributed by atoms with E-state index in [1.54, 1.807) is 24.3 Å². The summed E-state index contributed by atoms with van der Waals surface area (Å²) in [5, 5.41) is 24.8. The summed E-state index contributed by atoms with van der Waals surface area (Å²) in [6.07, 6.45) is -12.1. The molecule has 1 aromatic carbocycles. The van der Waals surface area contributed by atoms with Crippen molar-refractivity contribution >= 4 is 101 Å². The zero-order chi connectivity index (χ0) is 90.2. The molecule has 0 bridgehead atoms. The molecule has 1 aliphatic carbocycles. The van der Waals surface area contributed by atoms with Gasteiger partial charge < -0.3 is 112 Å². The minimum atomic E-state index is -1.57. The van der Waals surface area contributed by atoms with E-state index in [-0.39, 0.29) is 104 Å². The van der Waals surface area contributed by atoms with Crippen molar-refractivity contribution in [2.24, 2.45) is 11.8 Å². The zero-order valence-electron chi connectivity index (χ0n) is 71.4. The number of rotatable bonds is 55. The number of carbonyl (C=O) groups is 17. The maximum Gasteiger partial charge on any atom is 0.306 e. The minimum absolute atomic E-state index is 0.0108. The summed E-state index contributed by atoms with van der Waals surface area (Å²) in [6, 6.07) is 6.35. The van der Waals surface area contributed by atoms with Crippen LogP contribution in [0.1, 0.15) is 210 Å². The number of hydrogen-bond donors (Lipinski definition) is 6. The van der Waals surface area contributed by atoms with E-state index in [0.29, 0.717) is 77.0 Å². The standard InChI is InChI=1S/C82H123N5O35/c1-48(88)109-44-60-61(45-110-49(2)89)73(115-53(6)93)65(114-52(5)92)42-64(60)106-39-24-15-13-22-37-84-79(104)62(32-34-68(99)83-36-21-12-16-25-41-108-82-78(120-58(11)98)76(118-56(9)96)74(116-54(7)94)67(122-82)47-112-51(4)91)87-70(101)35-33-63(86-69(100)30-27-31-71(102)113-43-59-28-19-18-20-29-59)80(105)85-38-23-14-17-26-40-107-81-77(119-57(10)97)75(117-55(8)95)72(103)66(121-81)46-111-50(3)90/h18-20,28-29,60-67,72-78,81-82,103H,12-17,21-27,30-47H2,1-11H3,(H,83,99)(H,84,104)(H,85,105)(H,86,100)(H,87,101)/t60-,61+,62?,63?,64-,65+,66-,67-,72-,73+,74-,75+,76+,77+,78+,81+,82?/m1/s1. The molecular weight excluding hydrogens is 1610 g/mol. The molecule has 1 saturated carbocycles. The molecule has 2 heterocycles. The van der Waals surface area contributed by atoms with Gasteiger partial charge >= 0.3 is 71.6 Å². The molecule has 4 rings (SSSR count). The van der Waals surface area contributed by atoms with Crippen molar-refractivity contribution in [2.75, 3.05) is 65.9 Å². The number of carbonyl (C=O) groups excluding carboxylic acids is 17. The third-order valence-electron chi connectivity index (χ3n) is 19.2. The number of hydrogen-bond acceptors (Lipinski definition) is 35. The van der Waals surface area contributed by atoms with Crippen LogP contribution in [-0.4, -0.2) is 264 Å². The van der Waals surface area contributed by atoms with Crippen LogP contribution in [0.5, 0.6) is 0 Å². The smallest absolute Gasteiger partial charge is 0.306 e. The predicted octanol–water partition coefficient (Wildman–Crippen LogP) is 3.10. The number of ether oxygens (including phenoxy) is 17.